The maximum atomic E-state index is 11.8. The molecule has 5 nitrogen and oxygen atoms in total. The molecule has 1 unspecified atom stereocenters. The lowest BCUT2D eigenvalue weighted by Gasteiger charge is -2.34. The Labute approximate surface area is 95.9 Å². The average Bonchev–Trinajstić information content (AvgIpc) is 2.14. The largest absolute Gasteiger partial charge is 0.443 e. The molecule has 1 aliphatic heterocycles. The summed E-state index contributed by atoms with van der Waals surface area (Å²) in [4.78, 5) is 24.7. The number of carbonyl (C=O) groups is 2. The van der Waals surface area contributed by atoms with E-state index in [9.17, 15) is 9.59 Å². The SMILES string of the molecule is CC(C)(C)OC(=O)N1C(=O)CCCC1CN. The second-order valence-electron chi connectivity index (χ2n) is 5.03. The molecule has 0 aromatic rings. The van der Waals surface area contributed by atoms with Gasteiger partial charge in [0.25, 0.3) is 0 Å². The third-order valence-corrected chi connectivity index (χ3v) is 2.42. The van der Waals surface area contributed by atoms with E-state index < -0.39 is 11.7 Å². The van der Waals surface area contributed by atoms with Crippen molar-refractivity contribution < 1.29 is 14.3 Å². The zero-order chi connectivity index (χ0) is 12.3. The number of nitrogens with zero attached hydrogens (tertiary/aromatic N) is 1. The predicted molar refractivity (Wildman–Crippen MR) is 59.8 cm³/mol. The number of piperidine rings is 1. The summed E-state index contributed by atoms with van der Waals surface area (Å²) in [5.41, 5.74) is 4.97. The Bertz CT molecular complexity index is 283. The van der Waals surface area contributed by atoms with Crippen molar-refractivity contribution in [2.75, 3.05) is 6.54 Å². The highest BCUT2D eigenvalue weighted by molar-refractivity contribution is 5.93. The highest BCUT2D eigenvalue weighted by Crippen LogP contribution is 2.20. The third-order valence-electron chi connectivity index (χ3n) is 2.42. The van der Waals surface area contributed by atoms with Crippen molar-refractivity contribution in [3.63, 3.8) is 0 Å². The van der Waals surface area contributed by atoms with Gasteiger partial charge >= 0.3 is 6.09 Å². The van der Waals surface area contributed by atoms with Crippen LogP contribution in [0.3, 0.4) is 0 Å². The number of amides is 2. The second kappa shape index (κ2) is 4.82. The highest BCUT2D eigenvalue weighted by Gasteiger charge is 2.35. The number of carbonyl (C=O) groups excluding carboxylic acids is 2. The van der Waals surface area contributed by atoms with E-state index in [4.69, 9.17) is 10.5 Å². The molecule has 0 aliphatic carbocycles. The van der Waals surface area contributed by atoms with Gasteiger partial charge in [0.15, 0.2) is 0 Å². The van der Waals surface area contributed by atoms with Gasteiger partial charge in [0.05, 0.1) is 6.04 Å². The molecular weight excluding hydrogens is 208 g/mol. The second-order valence-corrected chi connectivity index (χ2v) is 5.03. The molecule has 92 valence electrons. The van der Waals surface area contributed by atoms with Gasteiger partial charge in [0.1, 0.15) is 5.60 Å². The molecule has 16 heavy (non-hydrogen) atoms. The van der Waals surface area contributed by atoms with Crippen molar-refractivity contribution in [3.8, 4) is 0 Å². The zero-order valence-corrected chi connectivity index (χ0v) is 10.2. The summed E-state index contributed by atoms with van der Waals surface area (Å²) in [7, 11) is 0. The lowest BCUT2D eigenvalue weighted by atomic mass is 10.0. The first-order valence-corrected chi connectivity index (χ1v) is 5.60. The van der Waals surface area contributed by atoms with Gasteiger partial charge in [0.2, 0.25) is 5.91 Å². The monoisotopic (exact) mass is 228 g/mol. The van der Waals surface area contributed by atoms with E-state index in [-0.39, 0.29) is 11.9 Å². The number of imide groups is 1. The van der Waals surface area contributed by atoms with Gasteiger partial charge < -0.3 is 10.5 Å². The van der Waals surface area contributed by atoms with Gasteiger partial charge in [-0.3, -0.25) is 4.79 Å². The molecule has 0 bridgehead atoms. The van der Waals surface area contributed by atoms with Crippen LogP contribution in [-0.4, -0.2) is 35.1 Å². The van der Waals surface area contributed by atoms with Crippen LogP contribution in [-0.2, 0) is 9.53 Å². The van der Waals surface area contributed by atoms with E-state index in [1.165, 1.54) is 4.90 Å². The first kappa shape index (κ1) is 13.0. The fraction of sp³-hybridized carbons (Fsp3) is 0.818. The van der Waals surface area contributed by atoms with E-state index in [0.717, 1.165) is 12.8 Å². The molecule has 2 amide bonds. The molecule has 0 spiro atoms. The Morgan fingerprint density at radius 3 is 2.69 bits per heavy atom. The van der Waals surface area contributed by atoms with E-state index in [2.05, 4.69) is 0 Å². The maximum Gasteiger partial charge on any atom is 0.417 e. The molecule has 0 saturated carbocycles. The standard InChI is InChI=1S/C11H20N2O3/c1-11(2,3)16-10(15)13-8(7-12)5-4-6-9(13)14/h8H,4-7,12H2,1-3H3. The first-order chi connectivity index (χ1) is 7.35. The Morgan fingerprint density at radius 1 is 1.56 bits per heavy atom. The van der Waals surface area contributed by atoms with Crippen LogP contribution in [0.25, 0.3) is 0 Å². The fourth-order valence-electron chi connectivity index (χ4n) is 1.73. The Morgan fingerprint density at radius 2 is 2.19 bits per heavy atom. The summed E-state index contributed by atoms with van der Waals surface area (Å²) >= 11 is 0. The predicted octanol–water partition coefficient (Wildman–Crippen LogP) is 1.26. The van der Waals surface area contributed by atoms with Crippen molar-refractivity contribution >= 4 is 12.0 Å². The van der Waals surface area contributed by atoms with Gasteiger partial charge in [-0.15, -0.1) is 0 Å². The number of likely N-dealkylation sites (tertiary alicyclic amines) is 1. The Kier molecular flexibility index (Phi) is 3.91. The van der Waals surface area contributed by atoms with E-state index in [1.807, 2.05) is 0 Å². The molecule has 1 atom stereocenters. The number of rotatable bonds is 1. The molecule has 1 rings (SSSR count). The average molecular weight is 228 g/mol. The normalized spacial score (nSPS) is 22.1. The molecule has 1 fully saturated rings. The summed E-state index contributed by atoms with van der Waals surface area (Å²) in [5.74, 6) is -0.184. The summed E-state index contributed by atoms with van der Waals surface area (Å²) in [5, 5.41) is 0. The molecule has 0 radical (unpaired) electrons. The number of hydrogen-bond donors (Lipinski definition) is 1. The van der Waals surface area contributed by atoms with Gasteiger partial charge in [-0.05, 0) is 33.6 Å². The van der Waals surface area contributed by atoms with Crippen LogP contribution < -0.4 is 5.73 Å². The van der Waals surface area contributed by atoms with Crippen LogP contribution in [0.15, 0.2) is 0 Å². The summed E-state index contributed by atoms with van der Waals surface area (Å²) in [6, 6.07) is -0.212. The minimum atomic E-state index is -0.589. The quantitative estimate of drug-likeness (QED) is 0.733. The molecule has 5 heteroatoms. The Balaban J connectivity index is 2.74. The van der Waals surface area contributed by atoms with Crippen LogP contribution in [0.2, 0.25) is 0 Å². The summed E-state index contributed by atoms with van der Waals surface area (Å²) in [6.45, 7) is 5.62. The topological polar surface area (TPSA) is 72.6 Å². The first-order valence-electron chi connectivity index (χ1n) is 5.60. The van der Waals surface area contributed by atoms with Crippen LogP contribution in [0.5, 0.6) is 0 Å². The minimum Gasteiger partial charge on any atom is -0.443 e. The molecule has 2 N–H and O–H groups in total. The van der Waals surface area contributed by atoms with Crippen LogP contribution >= 0.6 is 0 Å². The maximum absolute atomic E-state index is 11.8. The molecule has 1 heterocycles. The molecule has 0 aromatic heterocycles. The van der Waals surface area contributed by atoms with Crippen LogP contribution in [0.1, 0.15) is 40.0 Å². The fourth-order valence-corrected chi connectivity index (χ4v) is 1.73. The molecule has 1 aliphatic rings. The van der Waals surface area contributed by atoms with Crippen molar-refractivity contribution in [3.05, 3.63) is 0 Å². The molecule has 0 aromatic carbocycles. The lowest BCUT2D eigenvalue weighted by Crippen LogP contribution is -2.52. The number of nitrogens with two attached hydrogens (primary N) is 1. The third kappa shape index (κ3) is 3.20. The Hall–Kier alpha value is -1.10. The lowest BCUT2D eigenvalue weighted by molar-refractivity contribution is -0.134. The van der Waals surface area contributed by atoms with Gasteiger partial charge in [-0.2, -0.15) is 0 Å². The summed E-state index contributed by atoms with van der Waals surface area (Å²) < 4.78 is 5.19. The van der Waals surface area contributed by atoms with Gasteiger partial charge in [-0.25, -0.2) is 9.69 Å². The van der Waals surface area contributed by atoms with Gasteiger partial charge in [0, 0.05) is 13.0 Å². The number of ether oxygens (including phenoxy) is 1. The van der Waals surface area contributed by atoms with Gasteiger partial charge in [-0.1, -0.05) is 0 Å². The van der Waals surface area contributed by atoms with Crippen molar-refractivity contribution in [2.45, 2.75) is 51.7 Å². The van der Waals surface area contributed by atoms with Crippen LogP contribution in [0.4, 0.5) is 4.79 Å². The highest BCUT2D eigenvalue weighted by atomic mass is 16.6. The van der Waals surface area contributed by atoms with Crippen molar-refractivity contribution in [1.29, 1.82) is 0 Å². The van der Waals surface area contributed by atoms with E-state index in [0.29, 0.717) is 13.0 Å². The smallest absolute Gasteiger partial charge is 0.417 e. The molecular formula is C11H20N2O3. The number of hydrogen-bond acceptors (Lipinski definition) is 4. The minimum absolute atomic E-state index is 0.184. The zero-order valence-electron chi connectivity index (χ0n) is 10.2. The van der Waals surface area contributed by atoms with E-state index >= 15 is 0 Å². The van der Waals surface area contributed by atoms with E-state index in [1.54, 1.807) is 20.8 Å². The summed E-state index contributed by atoms with van der Waals surface area (Å²) in [6.07, 6.45) is 1.38. The molecule has 1 saturated heterocycles. The van der Waals surface area contributed by atoms with Crippen LogP contribution in [0, 0.1) is 0 Å². The van der Waals surface area contributed by atoms with Crippen molar-refractivity contribution in [2.24, 2.45) is 5.73 Å². The van der Waals surface area contributed by atoms with Crippen molar-refractivity contribution in [1.82, 2.24) is 4.90 Å².